The molecule has 0 spiro atoms. The number of carbonyl (C=O) groups is 1. The number of esters is 1. The van der Waals surface area contributed by atoms with Crippen LogP contribution in [0.2, 0.25) is 0 Å². The number of fused-ring (bicyclic) bond motifs is 2. The van der Waals surface area contributed by atoms with E-state index >= 15 is 0 Å². The van der Waals surface area contributed by atoms with Gasteiger partial charge < -0.3 is 9.94 Å². The van der Waals surface area contributed by atoms with E-state index in [0.29, 0.717) is 0 Å². The van der Waals surface area contributed by atoms with Crippen LogP contribution in [0.15, 0.2) is 0 Å². The van der Waals surface area contributed by atoms with Gasteiger partial charge in [0.25, 0.3) is 0 Å². The molecule has 2 bridgehead atoms. The van der Waals surface area contributed by atoms with E-state index in [1.807, 2.05) is 0 Å². The third-order valence-electron chi connectivity index (χ3n) is 2.76. The smallest absolute Gasteiger partial charge is 0.302 e. The predicted octanol–water partition coefficient (Wildman–Crippen LogP) is 0.544. The van der Waals surface area contributed by atoms with Gasteiger partial charge in [-0.2, -0.15) is 5.06 Å². The Labute approximate surface area is 71.1 Å². The average molecular weight is 171 g/mol. The van der Waals surface area contributed by atoms with Crippen LogP contribution in [0.4, 0.5) is 0 Å². The summed E-state index contributed by atoms with van der Waals surface area (Å²) >= 11 is 0. The Bertz CT molecular complexity index is 206. The van der Waals surface area contributed by atoms with Crippen molar-refractivity contribution in [2.24, 2.45) is 0 Å². The fraction of sp³-hybridized carbons (Fsp3) is 0.875. The van der Waals surface area contributed by atoms with Gasteiger partial charge in [-0.1, -0.05) is 0 Å². The second-order valence-corrected chi connectivity index (χ2v) is 3.56. The van der Waals surface area contributed by atoms with Crippen molar-refractivity contribution in [1.82, 2.24) is 5.06 Å². The normalized spacial score (nSPS) is 40.3. The molecule has 2 fully saturated rings. The van der Waals surface area contributed by atoms with Crippen molar-refractivity contribution >= 4 is 5.97 Å². The molecular formula is C8H13NO3. The Kier molecular flexibility index (Phi) is 1.81. The van der Waals surface area contributed by atoms with Gasteiger partial charge in [0, 0.05) is 19.4 Å². The minimum absolute atomic E-state index is 0.0545. The average Bonchev–Trinajstić information content (AvgIpc) is 2.44. The molecule has 3 unspecified atom stereocenters. The first-order valence-corrected chi connectivity index (χ1v) is 4.33. The van der Waals surface area contributed by atoms with Gasteiger partial charge >= 0.3 is 5.97 Å². The molecule has 0 saturated carbocycles. The lowest BCUT2D eigenvalue weighted by atomic mass is 9.98. The lowest BCUT2D eigenvalue weighted by Crippen LogP contribution is -2.32. The van der Waals surface area contributed by atoms with Crippen molar-refractivity contribution in [2.45, 2.75) is 44.4 Å². The molecule has 0 aliphatic carbocycles. The molecule has 68 valence electrons. The summed E-state index contributed by atoms with van der Waals surface area (Å²) in [5, 5.41) is 10.8. The topological polar surface area (TPSA) is 49.8 Å². The molecule has 1 N–H and O–H groups in total. The van der Waals surface area contributed by atoms with E-state index in [0.717, 1.165) is 19.3 Å². The molecule has 0 amide bonds. The highest BCUT2D eigenvalue weighted by molar-refractivity contribution is 5.66. The van der Waals surface area contributed by atoms with Crippen LogP contribution < -0.4 is 0 Å². The van der Waals surface area contributed by atoms with Crippen molar-refractivity contribution in [1.29, 1.82) is 0 Å². The van der Waals surface area contributed by atoms with Crippen LogP contribution in [0.3, 0.4) is 0 Å². The highest BCUT2D eigenvalue weighted by Crippen LogP contribution is 2.37. The molecule has 2 rings (SSSR count). The molecule has 3 atom stereocenters. The van der Waals surface area contributed by atoms with Crippen molar-refractivity contribution in [2.75, 3.05) is 0 Å². The maximum atomic E-state index is 10.7. The quantitative estimate of drug-likeness (QED) is 0.585. The van der Waals surface area contributed by atoms with Crippen LogP contribution in [0, 0.1) is 0 Å². The third kappa shape index (κ3) is 1.11. The van der Waals surface area contributed by atoms with Gasteiger partial charge in [-0.3, -0.25) is 4.79 Å². The van der Waals surface area contributed by atoms with Crippen LogP contribution in [0.25, 0.3) is 0 Å². The highest BCUT2D eigenvalue weighted by Gasteiger charge is 2.47. The molecule has 0 aromatic rings. The number of ether oxygens (including phenoxy) is 1. The van der Waals surface area contributed by atoms with Gasteiger partial charge in [0.1, 0.15) is 6.10 Å². The monoisotopic (exact) mass is 171 g/mol. The van der Waals surface area contributed by atoms with E-state index in [-0.39, 0.29) is 24.2 Å². The maximum absolute atomic E-state index is 10.7. The van der Waals surface area contributed by atoms with Crippen LogP contribution in [0.5, 0.6) is 0 Å². The molecule has 2 aliphatic rings. The molecule has 0 aromatic heterocycles. The van der Waals surface area contributed by atoms with Crippen LogP contribution in [-0.4, -0.2) is 34.4 Å². The molecule has 2 aliphatic heterocycles. The van der Waals surface area contributed by atoms with Gasteiger partial charge in [-0.05, 0) is 12.8 Å². The summed E-state index contributed by atoms with van der Waals surface area (Å²) in [4.78, 5) is 10.7. The zero-order valence-corrected chi connectivity index (χ0v) is 7.06. The molecule has 4 heteroatoms. The lowest BCUT2D eigenvalue weighted by molar-refractivity contribution is -0.153. The summed E-state index contributed by atoms with van der Waals surface area (Å²) in [6.45, 7) is 1.41. The zero-order valence-electron chi connectivity index (χ0n) is 7.06. The molecule has 4 nitrogen and oxygen atoms in total. The van der Waals surface area contributed by atoms with Crippen molar-refractivity contribution in [3.8, 4) is 0 Å². The Morgan fingerprint density at radius 2 is 2.33 bits per heavy atom. The van der Waals surface area contributed by atoms with Gasteiger partial charge in [-0.25, -0.2) is 0 Å². The fourth-order valence-corrected chi connectivity index (χ4v) is 2.25. The number of hydrogen-bond acceptors (Lipinski definition) is 4. The molecule has 2 saturated heterocycles. The summed E-state index contributed by atoms with van der Waals surface area (Å²) < 4.78 is 5.07. The maximum Gasteiger partial charge on any atom is 0.302 e. The van der Waals surface area contributed by atoms with Gasteiger partial charge in [0.15, 0.2) is 0 Å². The molecule has 0 aromatic carbocycles. The van der Waals surface area contributed by atoms with Gasteiger partial charge in [0.2, 0.25) is 0 Å². The van der Waals surface area contributed by atoms with E-state index in [2.05, 4.69) is 0 Å². The lowest BCUT2D eigenvalue weighted by Gasteiger charge is -2.19. The standard InChI is InChI=1S/C8H13NO3/c1-5(10)12-8-4-6-2-3-7(8)9(6)11/h6-8,11H,2-4H2,1H3. The largest absolute Gasteiger partial charge is 0.461 e. The highest BCUT2D eigenvalue weighted by atomic mass is 16.6. The summed E-state index contributed by atoms with van der Waals surface area (Å²) in [6.07, 6.45) is 2.69. The van der Waals surface area contributed by atoms with Crippen molar-refractivity contribution in [3.63, 3.8) is 0 Å². The first-order chi connectivity index (χ1) is 5.68. The second kappa shape index (κ2) is 2.71. The van der Waals surface area contributed by atoms with Crippen molar-refractivity contribution < 1.29 is 14.7 Å². The molecule has 12 heavy (non-hydrogen) atoms. The zero-order chi connectivity index (χ0) is 8.72. The van der Waals surface area contributed by atoms with Crippen molar-refractivity contribution in [3.05, 3.63) is 0 Å². The number of hydrogen-bond donors (Lipinski definition) is 1. The third-order valence-corrected chi connectivity index (χ3v) is 2.76. The van der Waals surface area contributed by atoms with E-state index < -0.39 is 0 Å². The summed E-state index contributed by atoms with van der Waals surface area (Å²) in [5.41, 5.74) is 0. The molecule has 0 radical (unpaired) electrons. The minimum atomic E-state index is -0.249. The SMILES string of the molecule is CC(=O)OC1CC2CCC1N2O. The van der Waals surface area contributed by atoms with Gasteiger partial charge in [0.05, 0.1) is 6.04 Å². The Morgan fingerprint density at radius 1 is 1.58 bits per heavy atom. The van der Waals surface area contributed by atoms with E-state index in [4.69, 9.17) is 4.74 Å². The van der Waals surface area contributed by atoms with E-state index in [1.165, 1.54) is 12.0 Å². The summed E-state index contributed by atoms with van der Waals surface area (Å²) in [6, 6.07) is 0.276. The number of rotatable bonds is 1. The van der Waals surface area contributed by atoms with Crippen LogP contribution >= 0.6 is 0 Å². The number of hydroxylamine groups is 2. The van der Waals surface area contributed by atoms with E-state index in [9.17, 15) is 10.0 Å². The summed E-state index contributed by atoms with van der Waals surface area (Å²) in [5.74, 6) is -0.249. The first-order valence-electron chi connectivity index (χ1n) is 4.33. The molecular weight excluding hydrogens is 158 g/mol. The predicted molar refractivity (Wildman–Crippen MR) is 40.6 cm³/mol. The Morgan fingerprint density at radius 3 is 2.75 bits per heavy atom. The van der Waals surface area contributed by atoms with Gasteiger partial charge in [-0.15, -0.1) is 0 Å². The molecule has 2 heterocycles. The second-order valence-electron chi connectivity index (χ2n) is 3.56. The van der Waals surface area contributed by atoms with Crippen LogP contribution in [-0.2, 0) is 9.53 Å². The Balaban J connectivity index is 1.99. The minimum Gasteiger partial charge on any atom is -0.461 e. The Hall–Kier alpha value is -0.610. The fourth-order valence-electron chi connectivity index (χ4n) is 2.25. The number of carbonyl (C=O) groups excluding carboxylic acids is 1. The van der Waals surface area contributed by atoms with E-state index in [1.54, 1.807) is 0 Å². The first kappa shape index (κ1) is 8.01. The van der Waals surface area contributed by atoms with Crippen LogP contribution in [0.1, 0.15) is 26.2 Å². The summed E-state index contributed by atoms with van der Waals surface area (Å²) in [7, 11) is 0. The number of nitrogens with zero attached hydrogens (tertiary/aromatic N) is 1.